The summed E-state index contributed by atoms with van der Waals surface area (Å²) in [5.41, 5.74) is 0. The zero-order valence-corrected chi connectivity index (χ0v) is 7.18. The van der Waals surface area contributed by atoms with Gasteiger partial charge in [-0.1, -0.05) is 25.2 Å². The predicted molar refractivity (Wildman–Crippen MR) is 43.7 cm³/mol. The number of anilines is 1. The van der Waals surface area contributed by atoms with Gasteiger partial charge in [-0.25, -0.2) is 0 Å². The lowest BCUT2D eigenvalue weighted by Gasteiger charge is -1.92. The molecule has 0 aromatic carbocycles. The topological polar surface area (TPSA) is 54.9 Å². The highest BCUT2D eigenvalue weighted by molar-refractivity contribution is 7.15. The van der Waals surface area contributed by atoms with E-state index in [1.54, 1.807) is 0 Å². The first kappa shape index (κ1) is 8.13. The van der Waals surface area contributed by atoms with E-state index in [2.05, 4.69) is 15.5 Å². The maximum atomic E-state index is 9.98. The highest BCUT2D eigenvalue weighted by Gasteiger charge is 2.05. The van der Waals surface area contributed by atoms with E-state index in [0.717, 1.165) is 5.01 Å². The molecule has 1 rings (SSSR count). The molecule has 0 spiro atoms. The summed E-state index contributed by atoms with van der Waals surface area (Å²) in [4.78, 5) is 9.98. The van der Waals surface area contributed by atoms with Crippen molar-refractivity contribution >= 4 is 22.9 Å². The molecule has 0 aliphatic carbocycles. The van der Waals surface area contributed by atoms with Gasteiger partial charge in [0.25, 0.3) is 0 Å². The lowest BCUT2D eigenvalue weighted by atomic mass is 10.2. The van der Waals surface area contributed by atoms with Crippen LogP contribution in [0.5, 0.6) is 0 Å². The van der Waals surface area contributed by atoms with Gasteiger partial charge < -0.3 is 5.32 Å². The lowest BCUT2D eigenvalue weighted by molar-refractivity contribution is -0.105. The highest BCUT2D eigenvalue weighted by Crippen LogP contribution is 2.21. The molecule has 11 heavy (non-hydrogen) atoms. The molecule has 0 radical (unpaired) electrons. The van der Waals surface area contributed by atoms with Gasteiger partial charge in [0.15, 0.2) is 0 Å². The largest absolute Gasteiger partial charge is 0.303 e. The van der Waals surface area contributed by atoms with Gasteiger partial charge in [-0.2, -0.15) is 0 Å². The summed E-state index contributed by atoms with van der Waals surface area (Å²) in [5.74, 6) is 0.370. The Morgan fingerprint density at radius 3 is 2.73 bits per heavy atom. The molecule has 1 aromatic rings. The van der Waals surface area contributed by atoms with Crippen LogP contribution in [-0.2, 0) is 4.79 Å². The van der Waals surface area contributed by atoms with Crippen LogP contribution in [0.2, 0.25) is 0 Å². The molecule has 0 fully saturated rings. The van der Waals surface area contributed by atoms with Crippen LogP contribution in [0.4, 0.5) is 5.13 Å². The normalized spacial score (nSPS) is 10.1. The van der Waals surface area contributed by atoms with Gasteiger partial charge in [0.2, 0.25) is 11.5 Å². The maximum Gasteiger partial charge on any atom is 0.213 e. The van der Waals surface area contributed by atoms with Crippen LogP contribution < -0.4 is 5.32 Å². The summed E-state index contributed by atoms with van der Waals surface area (Å²) in [7, 11) is 0. The number of carbonyl (C=O) groups excluding carboxylic acids is 1. The van der Waals surface area contributed by atoms with Crippen LogP contribution >= 0.6 is 11.3 Å². The Labute approximate surface area is 68.7 Å². The number of hydrogen-bond acceptors (Lipinski definition) is 4. The van der Waals surface area contributed by atoms with Crippen LogP contribution in [0.25, 0.3) is 0 Å². The van der Waals surface area contributed by atoms with Crippen LogP contribution in [0.15, 0.2) is 0 Å². The molecule has 4 nitrogen and oxygen atoms in total. The van der Waals surface area contributed by atoms with E-state index in [1.165, 1.54) is 11.3 Å². The fraction of sp³-hybridized carbons (Fsp3) is 0.500. The van der Waals surface area contributed by atoms with Crippen molar-refractivity contribution in [2.75, 3.05) is 5.32 Å². The molecule has 0 bridgehead atoms. The van der Waals surface area contributed by atoms with Crippen LogP contribution in [-0.4, -0.2) is 16.6 Å². The summed E-state index contributed by atoms with van der Waals surface area (Å²) in [6.45, 7) is 4.07. The van der Waals surface area contributed by atoms with E-state index in [0.29, 0.717) is 17.5 Å². The van der Waals surface area contributed by atoms with E-state index in [9.17, 15) is 4.79 Å². The van der Waals surface area contributed by atoms with Crippen molar-refractivity contribution in [2.45, 2.75) is 19.8 Å². The quantitative estimate of drug-likeness (QED) is 0.696. The third kappa shape index (κ3) is 1.98. The van der Waals surface area contributed by atoms with Crippen LogP contribution in [0.1, 0.15) is 24.8 Å². The third-order valence-electron chi connectivity index (χ3n) is 1.12. The Balaban J connectivity index is 2.73. The zero-order valence-electron chi connectivity index (χ0n) is 6.37. The second-order valence-corrected chi connectivity index (χ2v) is 3.37. The molecule has 1 aromatic heterocycles. The molecule has 1 amide bonds. The number of hydrogen-bond donors (Lipinski definition) is 1. The second-order valence-electron chi connectivity index (χ2n) is 2.36. The van der Waals surface area contributed by atoms with Crippen molar-refractivity contribution in [1.29, 1.82) is 0 Å². The molecular formula is C6H9N3OS. The minimum Gasteiger partial charge on any atom is -0.303 e. The van der Waals surface area contributed by atoms with E-state index >= 15 is 0 Å². The van der Waals surface area contributed by atoms with Crippen LogP contribution in [0.3, 0.4) is 0 Å². The van der Waals surface area contributed by atoms with Crippen molar-refractivity contribution in [3.63, 3.8) is 0 Å². The SMILES string of the molecule is CC(C)c1nnc(NC=O)s1. The van der Waals surface area contributed by atoms with Gasteiger partial charge in [0.1, 0.15) is 5.01 Å². The smallest absolute Gasteiger partial charge is 0.213 e. The minimum absolute atomic E-state index is 0.370. The lowest BCUT2D eigenvalue weighted by Crippen LogP contribution is -1.91. The number of nitrogens with zero attached hydrogens (tertiary/aromatic N) is 2. The molecule has 0 atom stereocenters. The Bertz CT molecular complexity index is 246. The summed E-state index contributed by atoms with van der Waals surface area (Å²) in [6.07, 6.45) is 0.602. The Morgan fingerprint density at radius 2 is 2.27 bits per heavy atom. The molecule has 0 aliphatic rings. The van der Waals surface area contributed by atoms with E-state index in [4.69, 9.17) is 0 Å². The van der Waals surface area contributed by atoms with Gasteiger partial charge in [0.05, 0.1) is 0 Å². The van der Waals surface area contributed by atoms with Gasteiger partial charge in [-0.05, 0) is 0 Å². The van der Waals surface area contributed by atoms with E-state index in [-0.39, 0.29) is 0 Å². The number of nitrogens with one attached hydrogen (secondary N) is 1. The highest BCUT2D eigenvalue weighted by atomic mass is 32.1. The molecular weight excluding hydrogens is 162 g/mol. The van der Waals surface area contributed by atoms with Gasteiger partial charge in [-0.15, -0.1) is 10.2 Å². The standard InChI is InChI=1S/C6H9N3OS/c1-4(2)5-8-9-6(11-5)7-3-10/h3-4H,1-2H3,(H,7,9,10). The molecule has 0 unspecified atom stereocenters. The first-order valence-corrected chi connectivity index (χ1v) is 4.09. The van der Waals surface area contributed by atoms with Crippen molar-refractivity contribution < 1.29 is 4.79 Å². The monoisotopic (exact) mass is 171 g/mol. The molecule has 0 aliphatic heterocycles. The van der Waals surface area contributed by atoms with Crippen molar-refractivity contribution in [3.8, 4) is 0 Å². The number of amides is 1. The number of carbonyl (C=O) groups is 1. The summed E-state index contributed by atoms with van der Waals surface area (Å²) in [5, 5.41) is 11.6. The van der Waals surface area contributed by atoms with E-state index in [1.807, 2.05) is 13.8 Å². The molecule has 0 saturated carbocycles. The molecule has 60 valence electrons. The molecule has 1 heterocycles. The fourth-order valence-corrected chi connectivity index (χ4v) is 1.28. The Hall–Kier alpha value is -0.970. The third-order valence-corrected chi connectivity index (χ3v) is 2.27. The maximum absolute atomic E-state index is 9.98. The molecule has 5 heteroatoms. The Morgan fingerprint density at radius 1 is 1.55 bits per heavy atom. The first-order chi connectivity index (χ1) is 5.24. The van der Waals surface area contributed by atoms with E-state index < -0.39 is 0 Å². The van der Waals surface area contributed by atoms with Crippen molar-refractivity contribution in [2.24, 2.45) is 0 Å². The molecule has 0 saturated heterocycles. The minimum atomic E-state index is 0.370. The van der Waals surface area contributed by atoms with Gasteiger partial charge >= 0.3 is 0 Å². The molecule has 1 N–H and O–H groups in total. The van der Waals surface area contributed by atoms with Crippen molar-refractivity contribution in [3.05, 3.63) is 5.01 Å². The number of aromatic nitrogens is 2. The van der Waals surface area contributed by atoms with Gasteiger partial charge in [-0.3, -0.25) is 4.79 Å². The van der Waals surface area contributed by atoms with Crippen molar-refractivity contribution in [1.82, 2.24) is 10.2 Å². The number of rotatable bonds is 3. The first-order valence-electron chi connectivity index (χ1n) is 3.27. The fourth-order valence-electron chi connectivity index (χ4n) is 0.577. The summed E-state index contributed by atoms with van der Waals surface area (Å²) < 4.78 is 0. The average molecular weight is 171 g/mol. The average Bonchev–Trinajstić information content (AvgIpc) is 2.37. The summed E-state index contributed by atoms with van der Waals surface area (Å²) in [6, 6.07) is 0. The predicted octanol–water partition coefficient (Wildman–Crippen LogP) is 1.23. The van der Waals surface area contributed by atoms with Crippen LogP contribution in [0, 0.1) is 0 Å². The van der Waals surface area contributed by atoms with Gasteiger partial charge in [0, 0.05) is 5.92 Å². The zero-order chi connectivity index (χ0) is 8.27. The Kier molecular flexibility index (Phi) is 2.53. The second kappa shape index (κ2) is 3.43. The summed E-state index contributed by atoms with van der Waals surface area (Å²) >= 11 is 1.40.